The van der Waals surface area contributed by atoms with Crippen LogP contribution in [0.1, 0.15) is 27.1 Å². The van der Waals surface area contributed by atoms with Crippen molar-refractivity contribution in [2.24, 2.45) is 23.7 Å². The SMILES string of the molecule is O=C(COC(=O)c1cc(-c2ccc(N3C(=O)C4C5C=CC(C5)C4C3=O)cc2)nc2ccc(Cl)cc12)c1ccc(Cl)cc1Cl. The molecule has 0 N–H and O–H groups in total. The third-order valence-electron chi connectivity index (χ3n) is 8.45. The third kappa shape index (κ3) is 4.72. The Morgan fingerprint density at radius 1 is 0.814 bits per heavy atom. The van der Waals surface area contributed by atoms with Gasteiger partial charge in [0.2, 0.25) is 17.6 Å². The summed E-state index contributed by atoms with van der Waals surface area (Å²) in [5.74, 6) is -1.85. The zero-order valence-electron chi connectivity index (χ0n) is 22.3. The number of benzene rings is 3. The van der Waals surface area contributed by atoms with Crippen LogP contribution >= 0.6 is 34.8 Å². The smallest absolute Gasteiger partial charge is 0.339 e. The molecule has 1 saturated carbocycles. The number of carbonyl (C=O) groups is 4. The number of hydrogen-bond acceptors (Lipinski definition) is 6. The molecule has 1 saturated heterocycles. The van der Waals surface area contributed by atoms with Crippen LogP contribution < -0.4 is 4.90 Å². The Balaban J connectivity index is 1.16. The zero-order valence-corrected chi connectivity index (χ0v) is 24.6. The maximum atomic E-state index is 13.3. The predicted molar refractivity (Wildman–Crippen MR) is 163 cm³/mol. The van der Waals surface area contributed by atoms with Gasteiger partial charge in [-0.15, -0.1) is 0 Å². The number of imide groups is 1. The van der Waals surface area contributed by atoms with Gasteiger partial charge in [-0.2, -0.15) is 0 Å². The molecule has 2 bridgehead atoms. The molecule has 4 unspecified atom stereocenters. The van der Waals surface area contributed by atoms with Crippen molar-refractivity contribution in [3.63, 3.8) is 0 Å². The van der Waals surface area contributed by atoms with E-state index in [1.165, 1.54) is 23.1 Å². The van der Waals surface area contributed by atoms with E-state index in [0.29, 0.717) is 37.9 Å². The highest BCUT2D eigenvalue weighted by Gasteiger charge is 2.59. The number of aromatic nitrogens is 1. The number of anilines is 1. The Kier molecular flexibility index (Phi) is 6.84. The van der Waals surface area contributed by atoms with Crippen molar-refractivity contribution < 1.29 is 23.9 Å². The van der Waals surface area contributed by atoms with Gasteiger partial charge in [0.15, 0.2) is 6.61 Å². The van der Waals surface area contributed by atoms with Gasteiger partial charge in [-0.1, -0.05) is 59.1 Å². The summed E-state index contributed by atoms with van der Waals surface area (Å²) in [6.07, 6.45) is 4.99. The lowest BCUT2D eigenvalue weighted by molar-refractivity contribution is -0.123. The van der Waals surface area contributed by atoms with E-state index in [2.05, 4.69) is 12.2 Å². The van der Waals surface area contributed by atoms with Gasteiger partial charge in [0.1, 0.15) is 0 Å². The van der Waals surface area contributed by atoms with E-state index < -0.39 is 18.4 Å². The molecule has 4 aromatic rings. The van der Waals surface area contributed by atoms with Crippen LogP contribution in [0.4, 0.5) is 5.69 Å². The Labute approximate surface area is 261 Å². The summed E-state index contributed by atoms with van der Waals surface area (Å²) >= 11 is 18.3. The number of allylic oxidation sites excluding steroid dienone is 2. The fraction of sp³-hybridized carbons (Fsp3) is 0.182. The van der Waals surface area contributed by atoms with E-state index in [4.69, 9.17) is 44.5 Å². The molecule has 7 nitrogen and oxygen atoms in total. The summed E-state index contributed by atoms with van der Waals surface area (Å²) in [6.45, 7) is -0.536. The summed E-state index contributed by atoms with van der Waals surface area (Å²) in [4.78, 5) is 58.5. The topological polar surface area (TPSA) is 93.6 Å². The van der Waals surface area contributed by atoms with Crippen LogP contribution in [0.25, 0.3) is 22.2 Å². The number of amides is 2. The van der Waals surface area contributed by atoms with Crippen LogP contribution in [0.5, 0.6) is 0 Å². The molecule has 1 aromatic heterocycles. The number of pyridine rings is 1. The van der Waals surface area contributed by atoms with E-state index in [1.807, 2.05) is 0 Å². The van der Waals surface area contributed by atoms with Crippen LogP contribution in [0.3, 0.4) is 0 Å². The van der Waals surface area contributed by atoms with Crippen LogP contribution in [0.15, 0.2) is 78.9 Å². The van der Waals surface area contributed by atoms with E-state index in [9.17, 15) is 19.2 Å². The fourth-order valence-corrected chi connectivity index (χ4v) is 7.14. The number of hydrogen-bond donors (Lipinski definition) is 0. The number of nitrogens with zero attached hydrogens (tertiary/aromatic N) is 2. The van der Waals surface area contributed by atoms with Crippen molar-refractivity contribution in [2.75, 3.05) is 11.5 Å². The minimum absolute atomic E-state index is 0.127. The monoisotopic (exact) mass is 630 g/mol. The summed E-state index contributed by atoms with van der Waals surface area (Å²) in [7, 11) is 0. The standard InChI is InChI=1S/C33H21Cl3N2O5/c34-19-6-10-26-23(12-19)24(33(42)43-15-28(39)22-9-5-20(35)13-25(22)36)14-27(37-26)16-3-7-21(8-4-16)38-31(40)29-17-1-2-18(11-17)30(29)32(38)41/h1-10,12-14,17-18,29-30H,11,15H2. The number of rotatable bonds is 6. The molecule has 2 heterocycles. The van der Waals surface area contributed by atoms with Gasteiger partial charge in [-0.05, 0) is 72.9 Å². The molecule has 0 radical (unpaired) electrons. The molecule has 2 amide bonds. The summed E-state index contributed by atoms with van der Waals surface area (Å²) in [5, 5.41) is 1.39. The number of ether oxygens (including phenoxy) is 1. The molecule has 2 aliphatic carbocycles. The fourth-order valence-electron chi connectivity index (χ4n) is 6.46. The number of Topliss-reactive ketones (excluding diaryl/α,β-unsaturated/α-hetero) is 1. The highest BCUT2D eigenvalue weighted by atomic mass is 35.5. The Bertz CT molecular complexity index is 1880. The quantitative estimate of drug-likeness (QED) is 0.0966. The summed E-state index contributed by atoms with van der Waals surface area (Å²) in [6, 6.07) is 17.9. The van der Waals surface area contributed by atoms with Gasteiger partial charge < -0.3 is 4.74 Å². The second-order valence-corrected chi connectivity index (χ2v) is 12.2. The van der Waals surface area contributed by atoms with Gasteiger partial charge >= 0.3 is 5.97 Å². The molecule has 2 fully saturated rings. The highest BCUT2D eigenvalue weighted by molar-refractivity contribution is 6.37. The summed E-state index contributed by atoms with van der Waals surface area (Å²) in [5.41, 5.74) is 2.45. The van der Waals surface area contributed by atoms with Crippen molar-refractivity contribution in [1.82, 2.24) is 4.98 Å². The lowest BCUT2D eigenvalue weighted by Gasteiger charge is -2.17. The highest BCUT2D eigenvalue weighted by Crippen LogP contribution is 2.53. The number of halogens is 3. The van der Waals surface area contributed by atoms with E-state index in [-0.39, 0.29) is 51.6 Å². The van der Waals surface area contributed by atoms with Crippen molar-refractivity contribution in [3.8, 4) is 11.3 Å². The summed E-state index contributed by atoms with van der Waals surface area (Å²) < 4.78 is 5.40. The molecule has 1 aliphatic heterocycles. The van der Waals surface area contributed by atoms with Gasteiger partial charge in [0.25, 0.3) is 0 Å². The number of ketones is 1. The van der Waals surface area contributed by atoms with Crippen molar-refractivity contribution >= 4 is 75.0 Å². The predicted octanol–water partition coefficient (Wildman–Crippen LogP) is 7.21. The average Bonchev–Trinajstić information content (AvgIpc) is 3.68. The molecular formula is C33H21Cl3N2O5. The lowest BCUT2D eigenvalue weighted by atomic mass is 9.85. The average molecular weight is 632 g/mol. The number of esters is 1. The van der Waals surface area contributed by atoms with Gasteiger partial charge in [-0.3, -0.25) is 19.3 Å². The third-order valence-corrected chi connectivity index (χ3v) is 9.23. The zero-order chi connectivity index (χ0) is 30.0. The molecule has 3 aromatic carbocycles. The first-order chi connectivity index (χ1) is 20.7. The minimum Gasteiger partial charge on any atom is -0.454 e. The van der Waals surface area contributed by atoms with Gasteiger partial charge in [-0.25, -0.2) is 9.78 Å². The first kappa shape index (κ1) is 27.8. The van der Waals surface area contributed by atoms with Crippen LogP contribution in [0.2, 0.25) is 15.1 Å². The normalized spacial score (nSPS) is 22.0. The Hall–Kier alpha value is -4.04. The van der Waals surface area contributed by atoms with Crippen LogP contribution in [-0.4, -0.2) is 35.2 Å². The van der Waals surface area contributed by atoms with Crippen molar-refractivity contribution in [2.45, 2.75) is 6.42 Å². The second kappa shape index (κ2) is 10.6. The second-order valence-electron chi connectivity index (χ2n) is 10.9. The van der Waals surface area contributed by atoms with Crippen LogP contribution in [-0.2, 0) is 14.3 Å². The molecule has 214 valence electrons. The lowest BCUT2D eigenvalue weighted by Crippen LogP contribution is -2.32. The Morgan fingerprint density at radius 2 is 1.47 bits per heavy atom. The van der Waals surface area contributed by atoms with E-state index >= 15 is 0 Å². The first-order valence-electron chi connectivity index (χ1n) is 13.6. The molecule has 3 aliphatic rings. The van der Waals surface area contributed by atoms with Gasteiger partial charge in [0.05, 0.1) is 39.3 Å². The number of carbonyl (C=O) groups excluding carboxylic acids is 4. The molecular weight excluding hydrogens is 611 g/mol. The molecule has 43 heavy (non-hydrogen) atoms. The largest absolute Gasteiger partial charge is 0.454 e. The maximum Gasteiger partial charge on any atom is 0.339 e. The van der Waals surface area contributed by atoms with E-state index in [1.54, 1.807) is 48.5 Å². The molecule has 4 atom stereocenters. The first-order valence-corrected chi connectivity index (χ1v) is 14.8. The van der Waals surface area contributed by atoms with Gasteiger partial charge in [0, 0.05) is 26.6 Å². The molecule has 0 spiro atoms. The van der Waals surface area contributed by atoms with Crippen LogP contribution in [0, 0.1) is 23.7 Å². The van der Waals surface area contributed by atoms with E-state index in [0.717, 1.165) is 6.42 Å². The van der Waals surface area contributed by atoms with Crippen molar-refractivity contribution in [3.05, 3.63) is 105 Å². The number of fused-ring (bicyclic) bond motifs is 6. The molecule has 10 heteroatoms. The maximum absolute atomic E-state index is 13.3. The molecule has 7 rings (SSSR count). The van der Waals surface area contributed by atoms with Crippen molar-refractivity contribution in [1.29, 1.82) is 0 Å². The Morgan fingerprint density at radius 3 is 2.14 bits per heavy atom. The minimum atomic E-state index is -0.742.